The van der Waals surface area contributed by atoms with Crippen molar-refractivity contribution in [3.63, 3.8) is 0 Å². The van der Waals surface area contributed by atoms with E-state index in [9.17, 15) is 8.78 Å². The third-order valence-corrected chi connectivity index (χ3v) is 2.26. The number of nitrogens with zero attached hydrogens (tertiary/aromatic N) is 1. The van der Waals surface area contributed by atoms with Gasteiger partial charge in [-0.2, -0.15) is 5.26 Å². The summed E-state index contributed by atoms with van der Waals surface area (Å²) in [6.45, 7) is 2.54. The fraction of sp³-hybridized carbons (Fsp3) is 0.417. The molecule has 0 amide bonds. The van der Waals surface area contributed by atoms with E-state index in [1.807, 2.05) is 6.07 Å². The van der Waals surface area contributed by atoms with Crippen molar-refractivity contribution in [2.75, 3.05) is 7.11 Å². The molecule has 0 radical (unpaired) electrons. The van der Waals surface area contributed by atoms with E-state index >= 15 is 0 Å². The van der Waals surface area contributed by atoms with Gasteiger partial charge in [-0.15, -0.1) is 0 Å². The lowest BCUT2D eigenvalue weighted by molar-refractivity contribution is 0.0149. The van der Waals surface area contributed by atoms with E-state index in [-0.39, 0.29) is 17.7 Å². The van der Waals surface area contributed by atoms with Crippen LogP contribution in [0.5, 0.6) is 5.75 Å². The summed E-state index contributed by atoms with van der Waals surface area (Å²) in [5, 5.41) is 8.63. The predicted octanol–water partition coefficient (Wildman–Crippen LogP) is 3.18. The third-order valence-electron chi connectivity index (χ3n) is 2.26. The Morgan fingerprint density at radius 3 is 2.50 bits per heavy atom. The number of hydrogen-bond donors (Lipinski definition) is 0. The standard InChI is InChI=1S/C12H13F2NO/c1-8-6-9(4-5-15)11(16-3)10(7-8)12(2,13)14/h6-7H,4H2,1-3H3. The molecule has 0 bridgehead atoms. The minimum atomic E-state index is -2.97. The van der Waals surface area contributed by atoms with Crippen molar-refractivity contribution in [3.05, 3.63) is 28.8 Å². The molecule has 0 atom stereocenters. The van der Waals surface area contributed by atoms with Gasteiger partial charge in [-0.05, 0) is 13.0 Å². The van der Waals surface area contributed by atoms with Gasteiger partial charge in [0.1, 0.15) is 5.75 Å². The van der Waals surface area contributed by atoms with Gasteiger partial charge < -0.3 is 4.74 Å². The number of nitriles is 1. The number of ether oxygens (including phenoxy) is 1. The van der Waals surface area contributed by atoms with Crippen molar-refractivity contribution in [1.29, 1.82) is 5.26 Å². The minimum absolute atomic E-state index is 0.0634. The molecule has 86 valence electrons. The zero-order valence-electron chi connectivity index (χ0n) is 9.47. The monoisotopic (exact) mass is 225 g/mol. The van der Waals surface area contributed by atoms with Gasteiger partial charge in [-0.3, -0.25) is 0 Å². The summed E-state index contributed by atoms with van der Waals surface area (Å²) in [6, 6.07) is 5.02. The van der Waals surface area contributed by atoms with Gasteiger partial charge in [-0.25, -0.2) is 8.78 Å². The molecule has 0 fully saturated rings. The van der Waals surface area contributed by atoms with E-state index in [1.54, 1.807) is 13.0 Å². The van der Waals surface area contributed by atoms with Crippen LogP contribution in [-0.4, -0.2) is 7.11 Å². The molecule has 2 nitrogen and oxygen atoms in total. The molecule has 1 aromatic carbocycles. The van der Waals surface area contributed by atoms with Crippen LogP contribution in [0.15, 0.2) is 12.1 Å². The molecule has 0 spiro atoms. The lowest BCUT2D eigenvalue weighted by Crippen LogP contribution is -2.11. The van der Waals surface area contributed by atoms with Gasteiger partial charge >= 0.3 is 0 Å². The molecule has 0 aliphatic heterocycles. The van der Waals surface area contributed by atoms with Crippen LogP contribution in [0.4, 0.5) is 8.78 Å². The largest absolute Gasteiger partial charge is 0.496 e. The van der Waals surface area contributed by atoms with E-state index in [0.717, 1.165) is 6.92 Å². The second kappa shape index (κ2) is 4.48. The summed E-state index contributed by atoms with van der Waals surface area (Å²) in [5.74, 6) is -2.86. The number of methoxy groups -OCH3 is 1. The zero-order chi connectivity index (χ0) is 12.3. The minimum Gasteiger partial charge on any atom is -0.496 e. The van der Waals surface area contributed by atoms with Crippen molar-refractivity contribution in [3.8, 4) is 11.8 Å². The zero-order valence-corrected chi connectivity index (χ0v) is 9.47. The second-order valence-electron chi connectivity index (χ2n) is 3.73. The highest BCUT2D eigenvalue weighted by atomic mass is 19.3. The van der Waals surface area contributed by atoms with Gasteiger partial charge in [0.2, 0.25) is 0 Å². The summed E-state index contributed by atoms with van der Waals surface area (Å²) in [5.41, 5.74) is 1.03. The molecular formula is C12H13F2NO. The highest BCUT2D eigenvalue weighted by molar-refractivity contribution is 5.47. The summed E-state index contributed by atoms with van der Waals surface area (Å²) in [6.07, 6.45) is 0.0634. The molecule has 0 unspecified atom stereocenters. The van der Waals surface area contributed by atoms with E-state index in [0.29, 0.717) is 11.1 Å². The van der Waals surface area contributed by atoms with E-state index in [1.165, 1.54) is 13.2 Å². The Hall–Kier alpha value is -1.63. The van der Waals surface area contributed by atoms with E-state index in [4.69, 9.17) is 10.00 Å². The number of benzene rings is 1. The smallest absolute Gasteiger partial charge is 0.274 e. The average molecular weight is 225 g/mol. The SMILES string of the molecule is COc1c(CC#N)cc(C)cc1C(C)(F)F. The van der Waals surface area contributed by atoms with E-state index in [2.05, 4.69) is 0 Å². The highest BCUT2D eigenvalue weighted by Crippen LogP contribution is 2.37. The Bertz CT molecular complexity index is 430. The molecule has 0 N–H and O–H groups in total. The van der Waals surface area contributed by atoms with E-state index < -0.39 is 5.92 Å². The maximum Gasteiger partial charge on any atom is 0.274 e. The Kier molecular flexibility index (Phi) is 3.48. The first-order chi connectivity index (χ1) is 7.40. The van der Waals surface area contributed by atoms with Gasteiger partial charge in [0.05, 0.1) is 25.2 Å². The molecule has 0 saturated carbocycles. The molecule has 1 rings (SSSR count). The van der Waals surface area contributed by atoms with Crippen LogP contribution in [-0.2, 0) is 12.3 Å². The molecule has 1 aromatic rings. The Morgan fingerprint density at radius 1 is 1.44 bits per heavy atom. The van der Waals surface area contributed by atoms with Gasteiger partial charge in [-0.1, -0.05) is 11.6 Å². The van der Waals surface area contributed by atoms with Crippen molar-refractivity contribution in [2.45, 2.75) is 26.2 Å². The van der Waals surface area contributed by atoms with Crippen LogP contribution in [0.25, 0.3) is 0 Å². The van der Waals surface area contributed by atoms with Crippen LogP contribution in [0.1, 0.15) is 23.6 Å². The lowest BCUT2D eigenvalue weighted by atomic mass is 9.99. The Labute approximate surface area is 93.5 Å². The molecule has 16 heavy (non-hydrogen) atoms. The number of alkyl halides is 2. The molecular weight excluding hydrogens is 212 g/mol. The van der Waals surface area contributed by atoms with Gasteiger partial charge in [0.25, 0.3) is 5.92 Å². The number of hydrogen-bond acceptors (Lipinski definition) is 2. The van der Waals surface area contributed by atoms with Crippen molar-refractivity contribution in [2.24, 2.45) is 0 Å². The summed E-state index contributed by atoms with van der Waals surface area (Å²) in [4.78, 5) is 0. The van der Waals surface area contributed by atoms with Crippen LogP contribution in [0.3, 0.4) is 0 Å². The lowest BCUT2D eigenvalue weighted by Gasteiger charge is -2.18. The van der Waals surface area contributed by atoms with Crippen LogP contribution in [0.2, 0.25) is 0 Å². The van der Waals surface area contributed by atoms with Crippen molar-refractivity contribution in [1.82, 2.24) is 0 Å². The van der Waals surface area contributed by atoms with Crippen molar-refractivity contribution < 1.29 is 13.5 Å². The average Bonchev–Trinajstić information content (AvgIpc) is 2.16. The number of halogens is 2. The van der Waals surface area contributed by atoms with Crippen LogP contribution >= 0.6 is 0 Å². The fourth-order valence-corrected chi connectivity index (χ4v) is 1.63. The Morgan fingerprint density at radius 2 is 2.06 bits per heavy atom. The molecule has 0 heterocycles. The molecule has 0 aliphatic carbocycles. The molecule has 0 aromatic heterocycles. The topological polar surface area (TPSA) is 33.0 Å². The number of aryl methyl sites for hydroxylation is 1. The predicted molar refractivity (Wildman–Crippen MR) is 56.6 cm³/mol. The maximum absolute atomic E-state index is 13.3. The van der Waals surface area contributed by atoms with Crippen molar-refractivity contribution >= 4 is 0 Å². The first-order valence-corrected chi connectivity index (χ1v) is 4.83. The fourth-order valence-electron chi connectivity index (χ4n) is 1.63. The van der Waals surface area contributed by atoms with Gasteiger partial charge in [0.15, 0.2) is 0 Å². The highest BCUT2D eigenvalue weighted by Gasteiger charge is 2.30. The normalized spacial score (nSPS) is 11.0. The molecule has 4 heteroatoms. The van der Waals surface area contributed by atoms with Crippen LogP contribution < -0.4 is 4.74 Å². The summed E-state index contributed by atoms with van der Waals surface area (Å²) in [7, 11) is 1.33. The summed E-state index contributed by atoms with van der Waals surface area (Å²) < 4.78 is 31.7. The Balaban J connectivity index is 3.43. The second-order valence-corrected chi connectivity index (χ2v) is 3.73. The third kappa shape index (κ3) is 2.48. The van der Waals surface area contributed by atoms with Gasteiger partial charge in [0, 0.05) is 12.5 Å². The maximum atomic E-state index is 13.3. The summed E-state index contributed by atoms with van der Waals surface area (Å²) >= 11 is 0. The number of rotatable bonds is 3. The first kappa shape index (κ1) is 12.4. The quantitative estimate of drug-likeness (QED) is 0.791. The first-order valence-electron chi connectivity index (χ1n) is 4.83. The molecule has 0 aliphatic rings. The molecule has 0 saturated heterocycles. The van der Waals surface area contributed by atoms with Crippen LogP contribution in [0, 0.1) is 18.3 Å².